The predicted molar refractivity (Wildman–Crippen MR) is 107 cm³/mol. The van der Waals surface area contributed by atoms with Gasteiger partial charge in [0.05, 0.1) is 11.3 Å². The Balaban J connectivity index is 1.64. The Morgan fingerprint density at radius 3 is 2.37 bits per heavy atom. The van der Waals surface area contributed by atoms with Crippen LogP contribution in [0.3, 0.4) is 0 Å². The fraction of sp³-hybridized carbons (Fsp3) is 0.350. The second kappa shape index (κ2) is 8.90. The number of carbonyl (C=O) groups is 2. The molecule has 0 radical (unpaired) electrons. The van der Waals surface area contributed by atoms with Crippen LogP contribution in [0.2, 0.25) is 0 Å². The molecule has 1 aromatic carbocycles. The first-order chi connectivity index (χ1) is 13.1. The predicted octanol–water partition coefficient (Wildman–Crippen LogP) is 1.64. The van der Waals surface area contributed by atoms with Gasteiger partial charge in [0.15, 0.2) is 12.4 Å². The van der Waals surface area contributed by atoms with E-state index < -0.39 is 0 Å². The summed E-state index contributed by atoms with van der Waals surface area (Å²) in [6, 6.07) is 11.6. The number of amides is 2. The molecule has 1 aliphatic rings. The van der Waals surface area contributed by atoms with Gasteiger partial charge in [0, 0.05) is 63.0 Å². The summed E-state index contributed by atoms with van der Waals surface area (Å²) in [5.74, 6) is 0.406. The molecule has 2 amide bonds. The molecule has 1 saturated heterocycles. The number of hydrogen-bond acceptors (Lipinski definition) is 4. The normalized spacial score (nSPS) is 14.1. The van der Waals surface area contributed by atoms with Crippen LogP contribution < -0.4 is 9.88 Å². The zero-order chi connectivity index (χ0) is 19.2. The van der Waals surface area contributed by atoms with E-state index in [1.165, 1.54) is 17.4 Å². The Labute approximate surface area is 164 Å². The third-order valence-electron chi connectivity index (χ3n) is 4.60. The molecule has 1 aromatic heterocycles. The lowest BCUT2D eigenvalue weighted by Gasteiger charge is -2.36. The second-order valence-electron chi connectivity index (χ2n) is 6.61. The summed E-state index contributed by atoms with van der Waals surface area (Å²) in [5, 5.41) is 0. The maximum atomic E-state index is 13.0. The molecule has 0 unspecified atom stereocenters. The van der Waals surface area contributed by atoms with Crippen LogP contribution in [0.5, 0.6) is 0 Å². The molecule has 2 heterocycles. The zero-order valence-corrected chi connectivity index (χ0v) is 16.5. The molecule has 7 heteroatoms. The molecule has 0 spiro atoms. The van der Waals surface area contributed by atoms with E-state index in [-0.39, 0.29) is 11.8 Å². The highest BCUT2D eigenvalue weighted by Crippen LogP contribution is 2.25. The number of anilines is 1. The van der Waals surface area contributed by atoms with E-state index in [2.05, 4.69) is 9.88 Å². The van der Waals surface area contributed by atoms with Gasteiger partial charge in [-0.2, -0.15) is 0 Å². The number of nitrogens with one attached hydrogen (secondary N) is 1. The van der Waals surface area contributed by atoms with Crippen LogP contribution in [0.4, 0.5) is 5.69 Å². The van der Waals surface area contributed by atoms with E-state index in [9.17, 15) is 9.59 Å². The highest BCUT2D eigenvalue weighted by Gasteiger charge is 2.24. The lowest BCUT2D eigenvalue weighted by atomic mass is 10.1. The summed E-state index contributed by atoms with van der Waals surface area (Å²) in [6.45, 7) is 2.99. The molecule has 0 bridgehead atoms. The van der Waals surface area contributed by atoms with E-state index in [1.807, 2.05) is 53.7 Å². The first-order valence-electron chi connectivity index (χ1n) is 8.98. The van der Waals surface area contributed by atoms with Crippen molar-refractivity contribution >= 4 is 29.3 Å². The summed E-state index contributed by atoms with van der Waals surface area (Å²) < 4.78 is 0. The molecule has 0 saturated carbocycles. The van der Waals surface area contributed by atoms with Gasteiger partial charge in [-0.3, -0.25) is 9.59 Å². The van der Waals surface area contributed by atoms with Crippen LogP contribution in [-0.2, 0) is 4.79 Å². The number of thioether (sulfide) groups is 1. The van der Waals surface area contributed by atoms with Gasteiger partial charge in [-0.25, -0.2) is 4.98 Å². The Hall–Kier alpha value is -2.54. The van der Waals surface area contributed by atoms with Crippen molar-refractivity contribution in [3.05, 3.63) is 54.4 Å². The molecular weight excluding hydrogens is 360 g/mol. The van der Waals surface area contributed by atoms with E-state index in [0.29, 0.717) is 24.4 Å². The maximum Gasteiger partial charge on any atom is 0.255 e. The number of nitrogens with zero attached hydrogens (tertiary/aromatic N) is 3. The summed E-state index contributed by atoms with van der Waals surface area (Å²) in [5.41, 5.74) is 1.84. The van der Waals surface area contributed by atoms with Crippen molar-refractivity contribution in [2.24, 2.45) is 0 Å². The minimum absolute atomic E-state index is 0.0379. The third kappa shape index (κ3) is 4.80. The second-order valence-corrected chi connectivity index (χ2v) is 7.63. The van der Waals surface area contributed by atoms with Crippen molar-refractivity contribution in [1.29, 1.82) is 0 Å². The van der Waals surface area contributed by atoms with Crippen LogP contribution in [0, 0.1) is 0 Å². The van der Waals surface area contributed by atoms with E-state index >= 15 is 0 Å². The first kappa shape index (κ1) is 19.2. The van der Waals surface area contributed by atoms with Gasteiger partial charge in [0.2, 0.25) is 5.91 Å². The minimum Gasteiger partial charge on any atom is -0.368 e. The molecule has 1 fully saturated rings. The average molecular weight is 386 g/mol. The van der Waals surface area contributed by atoms with Crippen molar-refractivity contribution < 1.29 is 14.6 Å². The Kier molecular flexibility index (Phi) is 6.34. The number of aromatic nitrogens is 1. The summed E-state index contributed by atoms with van der Waals surface area (Å²) in [4.78, 5) is 34.6. The molecule has 3 rings (SSSR count). The molecular formula is C20H25N4O2S+. The highest BCUT2D eigenvalue weighted by molar-refractivity contribution is 8.00. The van der Waals surface area contributed by atoms with Gasteiger partial charge in [-0.15, -0.1) is 11.8 Å². The monoisotopic (exact) mass is 385 g/mol. The first-order valence-corrected chi connectivity index (χ1v) is 9.97. The van der Waals surface area contributed by atoms with E-state index in [0.717, 1.165) is 18.0 Å². The van der Waals surface area contributed by atoms with Crippen molar-refractivity contribution in [3.8, 4) is 0 Å². The molecule has 142 valence electrons. The smallest absolute Gasteiger partial charge is 0.255 e. The number of piperazine rings is 1. The maximum absolute atomic E-state index is 13.0. The van der Waals surface area contributed by atoms with Crippen LogP contribution in [0.15, 0.2) is 53.7 Å². The molecule has 0 aliphatic carbocycles. The fourth-order valence-electron chi connectivity index (χ4n) is 2.96. The SMILES string of the molecule is CN(C)C(=O)CSc1ccccc1C(=O)N1CCN(c2cc[nH+]cc2)CC1. The Morgan fingerprint density at radius 2 is 1.70 bits per heavy atom. The zero-order valence-electron chi connectivity index (χ0n) is 15.7. The molecule has 6 nitrogen and oxygen atoms in total. The standard InChI is InChI=1S/C20H24N4O2S/c1-22(2)19(25)15-27-18-6-4-3-5-17(18)20(26)24-13-11-23(12-14-24)16-7-9-21-10-8-16/h3-10H,11-15H2,1-2H3/p+1. The molecule has 27 heavy (non-hydrogen) atoms. The molecule has 0 atom stereocenters. The van der Waals surface area contributed by atoms with Crippen LogP contribution in [0.25, 0.3) is 0 Å². The lowest BCUT2D eigenvalue weighted by Crippen LogP contribution is -2.49. The van der Waals surface area contributed by atoms with Gasteiger partial charge < -0.3 is 14.7 Å². The topological polar surface area (TPSA) is 58.0 Å². The highest BCUT2D eigenvalue weighted by atomic mass is 32.2. The van der Waals surface area contributed by atoms with Gasteiger partial charge in [0.1, 0.15) is 0 Å². The number of benzene rings is 1. The average Bonchev–Trinajstić information content (AvgIpc) is 2.72. The van der Waals surface area contributed by atoms with Gasteiger partial charge in [0.25, 0.3) is 5.91 Å². The van der Waals surface area contributed by atoms with E-state index in [1.54, 1.807) is 19.0 Å². The number of rotatable bonds is 5. The Bertz CT molecular complexity index is 790. The minimum atomic E-state index is 0.0379. The number of carbonyl (C=O) groups excluding carboxylic acids is 2. The van der Waals surface area contributed by atoms with Gasteiger partial charge in [-0.05, 0) is 12.1 Å². The molecule has 1 N–H and O–H groups in total. The number of hydrogen-bond donors (Lipinski definition) is 0. The largest absolute Gasteiger partial charge is 0.368 e. The molecule has 2 aromatic rings. The lowest BCUT2D eigenvalue weighted by molar-refractivity contribution is -0.377. The van der Waals surface area contributed by atoms with Crippen LogP contribution >= 0.6 is 11.8 Å². The summed E-state index contributed by atoms with van der Waals surface area (Å²) in [6.07, 6.45) is 3.82. The summed E-state index contributed by atoms with van der Waals surface area (Å²) in [7, 11) is 3.48. The van der Waals surface area contributed by atoms with Crippen molar-refractivity contribution in [3.63, 3.8) is 0 Å². The fourth-order valence-corrected chi connectivity index (χ4v) is 3.99. The van der Waals surface area contributed by atoms with Crippen molar-refractivity contribution in [1.82, 2.24) is 9.80 Å². The molecule has 1 aliphatic heterocycles. The van der Waals surface area contributed by atoms with E-state index in [4.69, 9.17) is 0 Å². The number of aromatic amines is 1. The van der Waals surface area contributed by atoms with Crippen LogP contribution in [0.1, 0.15) is 10.4 Å². The van der Waals surface area contributed by atoms with Gasteiger partial charge in [-0.1, -0.05) is 12.1 Å². The summed E-state index contributed by atoms with van der Waals surface area (Å²) >= 11 is 1.42. The third-order valence-corrected chi connectivity index (χ3v) is 5.66. The van der Waals surface area contributed by atoms with Crippen LogP contribution in [-0.4, -0.2) is 67.6 Å². The number of pyridine rings is 1. The van der Waals surface area contributed by atoms with Crippen molar-refractivity contribution in [2.45, 2.75) is 4.90 Å². The van der Waals surface area contributed by atoms with Gasteiger partial charge >= 0.3 is 0 Å². The Morgan fingerprint density at radius 1 is 1.04 bits per heavy atom. The van der Waals surface area contributed by atoms with Crippen molar-refractivity contribution in [2.75, 3.05) is 50.9 Å². The number of H-pyrrole nitrogens is 1. The quantitative estimate of drug-likeness (QED) is 0.735.